The van der Waals surface area contributed by atoms with Gasteiger partial charge in [-0.2, -0.15) is 0 Å². The molecule has 3 nitrogen and oxygen atoms in total. The van der Waals surface area contributed by atoms with Gasteiger partial charge >= 0.3 is 0 Å². The van der Waals surface area contributed by atoms with Crippen LogP contribution in [0.4, 0.5) is 5.69 Å². The van der Waals surface area contributed by atoms with E-state index in [1.807, 2.05) is 30.3 Å². The van der Waals surface area contributed by atoms with Crippen molar-refractivity contribution >= 4 is 5.69 Å². The summed E-state index contributed by atoms with van der Waals surface area (Å²) in [4.78, 5) is 2.51. The molecule has 2 rings (SSSR count). The van der Waals surface area contributed by atoms with Crippen LogP contribution >= 0.6 is 0 Å². The van der Waals surface area contributed by atoms with E-state index in [0.717, 1.165) is 18.8 Å². The van der Waals surface area contributed by atoms with Crippen LogP contribution in [-0.4, -0.2) is 17.0 Å². The minimum absolute atomic E-state index is 0.552. The zero-order valence-electron chi connectivity index (χ0n) is 14.7. The fourth-order valence-corrected chi connectivity index (χ4v) is 2.78. The Morgan fingerprint density at radius 1 is 0.826 bits per heavy atom. The number of hydrogen-bond acceptors (Lipinski definition) is 3. The van der Waals surface area contributed by atoms with Gasteiger partial charge in [-0.05, 0) is 51.0 Å². The highest BCUT2D eigenvalue weighted by atomic mass is 15.3. The Labute approximate surface area is 140 Å². The number of benzene rings is 2. The highest BCUT2D eigenvalue weighted by Crippen LogP contribution is 2.13. The Morgan fingerprint density at radius 3 is 2.13 bits per heavy atom. The molecule has 0 aromatic heterocycles. The molecule has 0 spiro atoms. The van der Waals surface area contributed by atoms with E-state index in [1.54, 1.807) is 0 Å². The van der Waals surface area contributed by atoms with Crippen LogP contribution in [0.25, 0.3) is 0 Å². The number of nitrogens with one attached hydrogen (secondary N) is 2. The zero-order chi connectivity index (χ0) is 16.7. The summed E-state index contributed by atoms with van der Waals surface area (Å²) < 4.78 is 0. The van der Waals surface area contributed by atoms with Crippen molar-refractivity contribution in [1.29, 1.82) is 0 Å². The first kappa shape index (κ1) is 17.5. The van der Waals surface area contributed by atoms with Crippen molar-refractivity contribution in [3.05, 3.63) is 65.7 Å². The number of hydrazine groups is 1. The third-order valence-corrected chi connectivity index (χ3v) is 3.98. The van der Waals surface area contributed by atoms with Crippen LogP contribution in [0.3, 0.4) is 0 Å². The third kappa shape index (κ3) is 5.70. The maximum Gasteiger partial charge on any atom is 0.0487 e. The summed E-state index contributed by atoms with van der Waals surface area (Å²) in [6, 6.07) is 20.1. The van der Waals surface area contributed by atoms with E-state index in [0.29, 0.717) is 12.1 Å². The topological polar surface area (TPSA) is 27.3 Å². The minimum atomic E-state index is 0.552. The van der Waals surface area contributed by atoms with Gasteiger partial charge in [0.15, 0.2) is 0 Å². The predicted molar refractivity (Wildman–Crippen MR) is 99.2 cm³/mol. The minimum Gasteiger partial charge on any atom is -0.321 e. The Bertz CT molecular complexity index is 570. The zero-order valence-corrected chi connectivity index (χ0v) is 14.7. The van der Waals surface area contributed by atoms with Gasteiger partial charge in [0.1, 0.15) is 0 Å². The van der Waals surface area contributed by atoms with Crippen LogP contribution in [0.1, 0.15) is 38.8 Å². The van der Waals surface area contributed by atoms with Crippen LogP contribution in [0, 0.1) is 0 Å². The van der Waals surface area contributed by atoms with Crippen LogP contribution in [0.15, 0.2) is 54.6 Å². The van der Waals surface area contributed by atoms with Gasteiger partial charge in [0.05, 0.1) is 0 Å². The van der Waals surface area contributed by atoms with Crippen molar-refractivity contribution in [2.45, 2.75) is 52.9 Å². The summed E-state index contributed by atoms with van der Waals surface area (Å²) in [7, 11) is 0. The molecule has 0 aliphatic heterocycles. The van der Waals surface area contributed by atoms with Gasteiger partial charge in [0.25, 0.3) is 0 Å². The highest BCUT2D eigenvalue weighted by molar-refractivity contribution is 5.41. The number of para-hydroxylation sites is 1. The SMILES string of the molecule is CC(C)N(Cc1cccc(CNNc2ccccc2)c1)C(C)C. The average Bonchev–Trinajstić information content (AvgIpc) is 2.53. The summed E-state index contributed by atoms with van der Waals surface area (Å²) >= 11 is 0. The second-order valence-electron chi connectivity index (χ2n) is 6.52. The van der Waals surface area contributed by atoms with Gasteiger partial charge in [-0.25, -0.2) is 5.43 Å². The van der Waals surface area contributed by atoms with Crippen molar-refractivity contribution in [3.63, 3.8) is 0 Å². The summed E-state index contributed by atoms with van der Waals surface area (Å²) in [6.07, 6.45) is 0. The molecule has 0 bridgehead atoms. The molecule has 0 aliphatic rings. The number of nitrogens with zero attached hydrogens (tertiary/aromatic N) is 1. The molecule has 2 aromatic rings. The second kappa shape index (κ2) is 8.70. The largest absolute Gasteiger partial charge is 0.321 e. The molecule has 0 saturated carbocycles. The number of anilines is 1. The summed E-state index contributed by atoms with van der Waals surface area (Å²) in [5, 5.41) is 0. The molecular formula is C20H29N3. The molecule has 0 unspecified atom stereocenters. The molecule has 0 atom stereocenters. The fraction of sp³-hybridized carbons (Fsp3) is 0.400. The van der Waals surface area contributed by atoms with Crippen molar-refractivity contribution in [3.8, 4) is 0 Å². The lowest BCUT2D eigenvalue weighted by Gasteiger charge is -2.30. The second-order valence-corrected chi connectivity index (χ2v) is 6.52. The van der Waals surface area contributed by atoms with Crippen molar-refractivity contribution in [1.82, 2.24) is 10.3 Å². The Hall–Kier alpha value is -1.84. The first-order chi connectivity index (χ1) is 11.1. The van der Waals surface area contributed by atoms with E-state index < -0.39 is 0 Å². The third-order valence-electron chi connectivity index (χ3n) is 3.98. The van der Waals surface area contributed by atoms with Gasteiger partial charge in [0.2, 0.25) is 0 Å². The van der Waals surface area contributed by atoms with Crippen LogP contribution in [0.5, 0.6) is 0 Å². The Kier molecular flexibility index (Phi) is 6.63. The van der Waals surface area contributed by atoms with Crippen molar-refractivity contribution in [2.75, 3.05) is 5.43 Å². The van der Waals surface area contributed by atoms with Gasteiger partial charge in [-0.1, -0.05) is 42.5 Å². The molecule has 23 heavy (non-hydrogen) atoms. The van der Waals surface area contributed by atoms with Gasteiger partial charge in [-0.15, -0.1) is 0 Å². The van der Waals surface area contributed by atoms with E-state index >= 15 is 0 Å². The molecule has 0 saturated heterocycles. The molecule has 0 radical (unpaired) electrons. The van der Waals surface area contributed by atoms with E-state index in [-0.39, 0.29) is 0 Å². The molecule has 0 aliphatic carbocycles. The lowest BCUT2D eigenvalue weighted by molar-refractivity contribution is 0.166. The van der Waals surface area contributed by atoms with Crippen molar-refractivity contribution < 1.29 is 0 Å². The Balaban J connectivity index is 1.91. The maximum absolute atomic E-state index is 3.28. The highest BCUT2D eigenvalue weighted by Gasteiger charge is 2.13. The predicted octanol–water partition coefficient (Wildman–Crippen LogP) is 4.42. The molecular weight excluding hydrogens is 282 g/mol. The average molecular weight is 311 g/mol. The molecule has 124 valence electrons. The summed E-state index contributed by atoms with van der Waals surface area (Å²) in [5.41, 5.74) is 10.2. The smallest absolute Gasteiger partial charge is 0.0487 e. The molecule has 2 aromatic carbocycles. The van der Waals surface area contributed by atoms with Gasteiger partial charge in [0, 0.05) is 30.9 Å². The molecule has 2 N–H and O–H groups in total. The number of hydrogen-bond donors (Lipinski definition) is 2. The van der Waals surface area contributed by atoms with Crippen molar-refractivity contribution in [2.24, 2.45) is 0 Å². The standard InChI is InChI=1S/C20H29N3/c1-16(2)23(17(3)4)15-19-10-8-9-18(13-19)14-21-22-20-11-6-5-7-12-20/h5-13,16-17,21-22H,14-15H2,1-4H3. The summed E-state index contributed by atoms with van der Waals surface area (Å²) in [6.45, 7) is 10.8. The quantitative estimate of drug-likeness (QED) is 0.707. The van der Waals surface area contributed by atoms with E-state index in [2.05, 4.69) is 67.7 Å². The fourth-order valence-electron chi connectivity index (χ4n) is 2.78. The molecule has 0 fully saturated rings. The molecule has 0 heterocycles. The molecule has 3 heteroatoms. The summed E-state index contributed by atoms with van der Waals surface area (Å²) in [5.74, 6) is 0. The van der Waals surface area contributed by atoms with Crippen LogP contribution < -0.4 is 10.9 Å². The van der Waals surface area contributed by atoms with Gasteiger partial charge < -0.3 is 5.43 Å². The monoisotopic (exact) mass is 311 g/mol. The lowest BCUT2D eigenvalue weighted by Crippen LogP contribution is -2.36. The van der Waals surface area contributed by atoms with Crippen LogP contribution in [0.2, 0.25) is 0 Å². The van der Waals surface area contributed by atoms with Crippen LogP contribution in [-0.2, 0) is 13.1 Å². The maximum atomic E-state index is 3.28. The molecule has 0 amide bonds. The van der Waals surface area contributed by atoms with Gasteiger partial charge in [-0.3, -0.25) is 4.90 Å². The Morgan fingerprint density at radius 2 is 1.48 bits per heavy atom. The number of rotatable bonds is 8. The first-order valence-electron chi connectivity index (χ1n) is 8.43. The first-order valence-corrected chi connectivity index (χ1v) is 8.43. The van der Waals surface area contributed by atoms with E-state index in [4.69, 9.17) is 0 Å². The van der Waals surface area contributed by atoms with E-state index in [1.165, 1.54) is 11.1 Å². The lowest BCUT2D eigenvalue weighted by atomic mass is 10.1. The van der Waals surface area contributed by atoms with E-state index in [9.17, 15) is 0 Å². The normalized spacial score (nSPS) is 11.4.